The van der Waals surface area contributed by atoms with Crippen LogP contribution in [0.25, 0.3) is 11.1 Å². The summed E-state index contributed by atoms with van der Waals surface area (Å²) >= 11 is 0. The molecule has 19 heteroatoms. The highest BCUT2D eigenvalue weighted by Crippen LogP contribution is 2.40. The fourth-order valence-electron chi connectivity index (χ4n) is 7.90. The number of carbonyl (C=O) groups excluding carboxylic acids is 5. The number of benzene rings is 2. The first kappa shape index (κ1) is 44.2. The van der Waals surface area contributed by atoms with Crippen LogP contribution in [0.5, 0.6) is 17.2 Å². The molecular formula is C42H51N7O12. The van der Waals surface area contributed by atoms with Crippen LogP contribution < -0.4 is 30.4 Å². The summed E-state index contributed by atoms with van der Waals surface area (Å²) in [6.07, 6.45) is 1.97. The minimum atomic E-state index is -1.52. The van der Waals surface area contributed by atoms with Gasteiger partial charge in [-0.2, -0.15) is 0 Å². The highest BCUT2D eigenvalue weighted by Gasteiger charge is 2.46. The number of rotatable bonds is 17. The Morgan fingerprint density at radius 2 is 1.64 bits per heavy atom. The van der Waals surface area contributed by atoms with Crippen molar-refractivity contribution in [1.29, 1.82) is 0 Å². The zero-order valence-electron chi connectivity index (χ0n) is 35.1. The molecule has 0 aliphatic carbocycles. The molecule has 1 fully saturated rings. The Labute approximate surface area is 352 Å². The number of hydrogen-bond acceptors (Lipinski definition) is 13. The lowest BCUT2D eigenvalue weighted by atomic mass is 9.87. The van der Waals surface area contributed by atoms with Crippen molar-refractivity contribution in [3.8, 4) is 28.4 Å². The molecule has 2 atom stereocenters. The maximum atomic E-state index is 13.6. The lowest BCUT2D eigenvalue weighted by Gasteiger charge is -2.35. The van der Waals surface area contributed by atoms with Gasteiger partial charge in [-0.1, -0.05) is 6.07 Å². The van der Waals surface area contributed by atoms with Crippen molar-refractivity contribution in [2.45, 2.75) is 37.9 Å². The fraction of sp³-hybridized carbons (Fsp3) is 0.452. The highest BCUT2D eigenvalue weighted by atomic mass is 16.5. The van der Waals surface area contributed by atoms with Crippen LogP contribution in [0, 0.1) is 0 Å². The number of nitrogens with zero attached hydrogens (tertiary/aromatic N) is 5. The number of likely N-dealkylation sites (N-methyl/N-ethyl adjacent to an activating group) is 1. The third kappa shape index (κ3) is 9.23. The van der Waals surface area contributed by atoms with Crippen molar-refractivity contribution in [2.75, 3.05) is 81.4 Å². The van der Waals surface area contributed by atoms with E-state index in [1.54, 1.807) is 39.6 Å². The molecule has 3 aliphatic heterocycles. The number of fused-ring (bicyclic) bond motifs is 2. The standard InChI is InChI=1S/C42H51N7O12/c1-45(2)22-28-31(58-5)20-24(21-32(28)59-6)27-23-47(4)39(53)35-25(27)12-14-48(36(35)41(55)56)42(57)43-13-15-46(3)16-17-60-18-19-61-30-9-7-8-26-34(30)40(54)49(38(26)52)29-10-11-33(50)44-37(29)51/h7-9,20-21,23,29,36H,10-19,22H2,1-6H3,(H,43,57)(H,55,56)(H,44,50,51). The van der Waals surface area contributed by atoms with E-state index >= 15 is 0 Å². The summed E-state index contributed by atoms with van der Waals surface area (Å²) in [5, 5.41) is 15.4. The smallest absolute Gasteiger partial charge is 0.331 e. The molecule has 326 valence electrons. The van der Waals surface area contributed by atoms with Gasteiger partial charge >= 0.3 is 12.0 Å². The normalized spacial score (nSPS) is 17.4. The van der Waals surface area contributed by atoms with Crippen LogP contribution in [0.4, 0.5) is 4.79 Å². The van der Waals surface area contributed by atoms with Gasteiger partial charge in [0, 0.05) is 58.0 Å². The topological polar surface area (TPSA) is 219 Å². The molecule has 61 heavy (non-hydrogen) atoms. The Bertz CT molecular complexity index is 2270. The monoisotopic (exact) mass is 845 g/mol. The maximum Gasteiger partial charge on any atom is 0.331 e. The first-order valence-corrected chi connectivity index (χ1v) is 19.8. The first-order chi connectivity index (χ1) is 29.2. The van der Waals surface area contributed by atoms with E-state index in [-0.39, 0.29) is 68.0 Å². The van der Waals surface area contributed by atoms with Crippen LogP contribution in [0.2, 0.25) is 0 Å². The molecule has 3 aliphatic rings. The first-order valence-electron chi connectivity index (χ1n) is 19.8. The molecule has 0 saturated carbocycles. The lowest BCUT2D eigenvalue weighted by Crippen LogP contribution is -2.54. The number of carboxylic acid groups (broad SMARTS) is 1. The molecule has 6 rings (SSSR count). The zero-order valence-corrected chi connectivity index (χ0v) is 35.1. The number of amides is 6. The maximum absolute atomic E-state index is 13.6. The van der Waals surface area contributed by atoms with Crippen LogP contribution >= 0.6 is 0 Å². The molecule has 0 bridgehead atoms. The second kappa shape index (κ2) is 18.9. The van der Waals surface area contributed by atoms with E-state index in [1.807, 2.05) is 43.1 Å². The molecule has 0 radical (unpaired) electrons. The predicted molar refractivity (Wildman–Crippen MR) is 219 cm³/mol. The van der Waals surface area contributed by atoms with Gasteiger partial charge in [0.1, 0.15) is 29.9 Å². The van der Waals surface area contributed by atoms with E-state index in [0.29, 0.717) is 54.4 Å². The average molecular weight is 846 g/mol. The van der Waals surface area contributed by atoms with Crippen LogP contribution in [0.15, 0.2) is 41.3 Å². The predicted octanol–water partition coefficient (Wildman–Crippen LogP) is 1.25. The van der Waals surface area contributed by atoms with Crippen LogP contribution in [0.1, 0.15) is 56.3 Å². The van der Waals surface area contributed by atoms with E-state index in [0.717, 1.165) is 10.5 Å². The van der Waals surface area contributed by atoms with Crippen molar-refractivity contribution < 1.29 is 52.8 Å². The molecular weight excluding hydrogens is 794 g/mol. The molecule has 2 unspecified atom stereocenters. The summed E-state index contributed by atoms with van der Waals surface area (Å²) in [4.78, 5) is 96.2. The summed E-state index contributed by atoms with van der Waals surface area (Å²) in [5.74, 6) is -2.43. The van der Waals surface area contributed by atoms with Gasteiger partial charge in [-0.25, -0.2) is 9.59 Å². The largest absolute Gasteiger partial charge is 0.496 e. The fourth-order valence-corrected chi connectivity index (χ4v) is 7.90. The van der Waals surface area contributed by atoms with Crippen molar-refractivity contribution in [2.24, 2.45) is 7.05 Å². The number of urea groups is 1. The van der Waals surface area contributed by atoms with Crippen LogP contribution in [-0.4, -0.2) is 152 Å². The van der Waals surface area contributed by atoms with Crippen molar-refractivity contribution in [1.82, 2.24) is 34.8 Å². The minimum absolute atomic E-state index is 0.0163. The quantitative estimate of drug-likeness (QED) is 0.129. The number of hydrogen-bond donors (Lipinski definition) is 3. The van der Waals surface area contributed by atoms with E-state index in [9.17, 15) is 38.7 Å². The van der Waals surface area contributed by atoms with Crippen LogP contribution in [-0.2, 0) is 39.1 Å². The number of carbonyl (C=O) groups is 6. The molecule has 1 aromatic heterocycles. The third-order valence-corrected chi connectivity index (χ3v) is 10.9. The average Bonchev–Trinajstić information content (AvgIpc) is 3.48. The van der Waals surface area contributed by atoms with Gasteiger partial charge in [0.2, 0.25) is 11.8 Å². The number of methoxy groups -OCH3 is 2. The molecule has 0 spiro atoms. The Morgan fingerprint density at radius 3 is 2.30 bits per heavy atom. The summed E-state index contributed by atoms with van der Waals surface area (Å²) in [5.41, 5.74) is 2.38. The number of aromatic nitrogens is 1. The van der Waals surface area contributed by atoms with Gasteiger partial charge in [-0.05, 0) is 69.4 Å². The molecule has 6 amide bonds. The van der Waals surface area contributed by atoms with E-state index in [4.69, 9.17) is 18.9 Å². The Morgan fingerprint density at radius 1 is 0.918 bits per heavy atom. The number of nitrogens with one attached hydrogen (secondary N) is 2. The molecule has 4 heterocycles. The van der Waals surface area contributed by atoms with Crippen LogP contribution in [0.3, 0.4) is 0 Å². The summed E-state index contributed by atoms with van der Waals surface area (Å²) in [6, 6.07) is 5.09. The second-order valence-electron chi connectivity index (χ2n) is 15.3. The number of pyridine rings is 1. The van der Waals surface area contributed by atoms with Crippen molar-refractivity contribution in [3.63, 3.8) is 0 Å². The SMILES string of the molecule is COc1cc(-c2cn(C)c(=O)c3c2CCN(C(=O)NCCN(C)CCOCCOc2cccc4c2C(=O)N(C2CCC(=O)NC2=O)C4=O)C3C(=O)O)cc(OC)c1CN(C)C. The van der Waals surface area contributed by atoms with Gasteiger partial charge in [-0.3, -0.25) is 34.2 Å². The molecule has 19 nitrogen and oxygen atoms in total. The number of carboxylic acids is 1. The Balaban J connectivity index is 1.01. The summed E-state index contributed by atoms with van der Waals surface area (Å²) < 4.78 is 24.3. The van der Waals surface area contributed by atoms with E-state index in [2.05, 4.69) is 10.6 Å². The summed E-state index contributed by atoms with van der Waals surface area (Å²) in [6.45, 7) is 2.20. The zero-order chi connectivity index (χ0) is 44.1. The lowest BCUT2D eigenvalue weighted by molar-refractivity contribution is -0.143. The minimum Gasteiger partial charge on any atom is -0.496 e. The highest BCUT2D eigenvalue weighted by molar-refractivity contribution is 6.24. The summed E-state index contributed by atoms with van der Waals surface area (Å²) in [7, 11) is 10.4. The molecule has 3 aromatic rings. The molecule has 3 N–H and O–H groups in total. The van der Waals surface area contributed by atoms with E-state index in [1.165, 1.54) is 15.5 Å². The number of piperidine rings is 1. The van der Waals surface area contributed by atoms with Crippen molar-refractivity contribution >= 4 is 35.6 Å². The Hall–Kier alpha value is -6.31. The number of imide groups is 2. The number of ether oxygens (including phenoxy) is 4. The van der Waals surface area contributed by atoms with Gasteiger partial charge in [0.25, 0.3) is 17.4 Å². The van der Waals surface area contributed by atoms with Gasteiger partial charge in [0.15, 0.2) is 6.04 Å². The molecule has 2 aromatic carbocycles. The van der Waals surface area contributed by atoms with Crippen molar-refractivity contribution in [3.05, 3.63) is 74.7 Å². The molecule has 1 saturated heterocycles. The second-order valence-corrected chi connectivity index (χ2v) is 15.3. The number of aliphatic carboxylic acids is 1. The van der Waals surface area contributed by atoms with Gasteiger partial charge < -0.3 is 48.6 Å². The van der Waals surface area contributed by atoms with E-state index < -0.39 is 53.3 Å². The number of aryl methyl sites for hydroxylation is 1. The Kier molecular flexibility index (Phi) is 13.7. The third-order valence-electron chi connectivity index (χ3n) is 10.9. The van der Waals surface area contributed by atoms with Gasteiger partial charge in [0.05, 0.1) is 49.7 Å². The van der Waals surface area contributed by atoms with Gasteiger partial charge in [-0.15, -0.1) is 0 Å².